The van der Waals surface area contributed by atoms with E-state index in [4.69, 9.17) is 9.47 Å². The van der Waals surface area contributed by atoms with E-state index in [-0.39, 0.29) is 12.8 Å². The van der Waals surface area contributed by atoms with Crippen molar-refractivity contribution in [2.45, 2.75) is 43.5 Å². The maximum absolute atomic E-state index is 12.9. The quantitative estimate of drug-likeness (QED) is 0.448. The SMILES string of the molecule is Cc1ccc(S(=O)(=O)N2CCC[C@H]2COCOCCCc2ccccc2)cc1. The van der Waals surface area contributed by atoms with E-state index in [9.17, 15) is 8.42 Å². The monoisotopic (exact) mass is 403 g/mol. The van der Waals surface area contributed by atoms with E-state index < -0.39 is 10.0 Å². The predicted molar refractivity (Wildman–Crippen MR) is 110 cm³/mol. The predicted octanol–water partition coefficient (Wildman–Crippen LogP) is 3.77. The minimum Gasteiger partial charge on any atom is -0.355 e. The molecule has 0 spiro atoms. The maximum atomic E-state index is 12.9. The smallest absolute Gasteiger partial charge is 0.243 e. The molecule has 0 amide bonds. The molecular weight excluding hydrogens is 374 g/mol. The molecule has 1 heterocycles. The van der Waals surface area contributed by atoms with Gasteiger partial charge >= 0.3 is 0 Å². The molecule has 0 N–H and O–H groups in total. The lowest BCUT2D eigenvalue weighted by molar-refractivity contribution is -0.0631. The normalized spacial score (nSPS) is 17.8. The molecule has 1 aliphatic heterocycles. The van der Waals surface area contributed by atoms with Crippen molar-refractivity contribution < 1.29 is 17.9 Å². The molecule has 0 aliphatic carbocycles. The van der Waals surface area contributed by atoms with Crippen LogP contribution in [0, 0.1) is 6.92 Å². The van der Waals surface area contributed by atoms with Crippen molar-refractivity contribution in [3.63, 3.8) is 0 Å². The first-order valence-electron chi connectivity index (χ1n) is 9.85. The van der Waals surface area contributed by atoms with Crippen molar-refractivity contribution in [3.05, 3.63) is 65.7 Å². The first-order valence-corrected chi connectivity index (χ1v) is 11.3. The summed E-state index contributed by atoms with van der Waals surface area (Å²) in [5.74, 6) is 0. The number of hydrogen-bond acceptors (Lipinski definition) is 4. The fourth-order valence-corrected chi connectivity index (χ4v) is 5.14. The second-order valence-electron chi connectivity index (χ2n) is 7.21. The highest BCUT2D eigenvalue weighted by molar-refractivity contribution is 7.89. The van der Waals surface area contributed by atoms with Crippen LogP contribution in [0.3, 0.4) is 0 Å². The zero-order valence-corrected chi connectivity index (χ0v) is 17.2. The Morgan fingerprint density at radius 3 is 2.54 bits per heavy atom. The molecular formula is C22H29NO4S. The summed E-state index contributed by atoms with van der Waals surface area (Å²) >= 11 is 0. The van der Waals surface area contributed by atoms with Crippen LogP contribution < -0.4 is 0 Å². The second-order valence-corrected chi connectivity index (χ2v) is 9.10. The van der Waals surface area contributed by atoms with Gasteiger partial charge in [-0.25, -0.2) is 8.42 Å². The van der Waals surface area contributed by atoms with Crippen molar-refractivity contribution in [3.8, 4) is 0 Å². The Balaban J connectivity index is 1.40. The van der Waals surface area contributed by atoms with Gasteiger partial charge < -0.3 is 9.47 Å². The molecule has 6 heteroatoms. The lowest BCUT2D eigenvalue weighted by Gasteiger charge is -2.24. The third-order valence-corrected chi connectivity index (χ3v) is 6.99. The van der Waals surface area contributed by atoms with Crippen LogP contribution in [0.15, 0.2) is 59.5 Å². The molecule has 5 nitrogen and oxygen atoms in total. The summed E-state index contributed by atoms with van der Waals surface area (Å²) in [6.07, 6.45) is 3.59. The van der Waals surface area contributed by atoms with Crippen LogP contribution in [0.25, 0.3) is 0 Å². The Kier molecular flexibility index (Phi) is 7.62. The summed E-state index contributed by atoms with van der Waals surface area (Å²) in [6.45, 7) is 3.68. The first-order chi connectivity index (χ1) is 13.6. The van der Waals surface area contributed by atoms with E-state index in [0.29, 0.717) is 24.7 Å². The van der Waals surface area contributed by atoms with Gasteiger partial charge in [0, 0.05) is 19.2 Å². The van der Waals surface area contributed by atoms with Gasteiger partial charge in [0.1, 0.15) is 6.79 Å². The average Bonchev–Trinajstić information content (AvgIpc) is 3.18. The number of aryl methyl sites for hydroxylation is 2. The molecule has 1 aliphatic rings. The number of hydrogen-bond donors (Lipinski definition) is 0. The van der Waals surface area contributed by atoms with Crippen molar-refractivity contribution in [1.82, 2.24) is 4.31 Å². The van der Waals surface area contributed by atoms with E-state index in [2.05, 4.69) is 12.1 Å². The summed E-state index contributed by atoms with van der Waals surface area (Å²) in [5, 5.41) is 0. The number of nitrogens with zero attached hydrogens (tertiary/aromatic N) is 1. The van der Waals surface area contributed by atoms with Crippen molar-refractivity contribution in [1.29, 1.82) is 0 Å². The van der Waals surface area contributed by atoms with Crippen LogP contribution in [0.5, 0.6) is 0 Å². The van der Waals surface area contributed by atoms with E-state index >= 15 is 0 Å². The van der Waals surface area contributed by atoms with Gasteiger partial charge in [0.25, 0.3) is 0 Å². The van der Waals surface area contributed by atoms with Crippen molar-refractivity contribution >= 4 is 10.0 Å². The highest BCUT2D eigenvalue weighted by atomic mass is 32.2. The molecule has 0 unspecified atom stereocenters. The van der Waals surface area contributed by atoms with Gasteiger partial charge in [-0.3, -0.25) is 0 Å². The summed E-state index contributed by atoms with van der Waals surface area (Å²) in [6, 6.07) is 17.2. The topological polar surface area (TPSA) is 55.8 Å². The standard InChI is InChI=1S/C22H29NO4S/c1-19-11-13-22(14-12-19)28(24,25)23-15-5-10-21(23)17-27-18-26-16-6-9-20-7-3-2-4-8-20/h2-4,7-8,11-14,21H,5-6,9-10,15-18H2,1H3/t21-/m0/s1. The van der Waals surface area contributed by atoms with Gasteiger partial charge in [-0.05, 0) is 50.3 Å². The molecule has 0 bridgehead atoms. The molecule has 2 aromatic carbocycles. The Morgan fingerprint density at radius 1 is 1.04 bits per heavy atom. The van der Waals surface area contributed by atoms with E-state index in [0.717, 1.165) is 31.2 Å². The number of ether oxygens (including phenoxy) is 2. The van der Waals surface area contributed by atoms with Gasteiger partial charge in [-0.1, -0.05) is 48.0 Å². The highest BCUT2D eigenvalue weighted by Crippen LogP contribution is 2.26. The van der Waals surface area contributed by atoms with E-state index in [1.54, 1.807) is 16.4 Å². The van der Waals surface area contributed by atoms with Crippen LogP contribution in [0.2, 0.25) is 0 Å². The van der Waals surface area contributed by atoms with Crippen molar-refractivity contribution in [2.75, 3.05) is 26.6 Å². The summed E-state index contributed by atoms with van der Waals surface area (Å²) in [4.78, 5) is 0.349. The van der Waals surface area contributed by atoms with Crippen LogP contribution >= 0.6 is 0 Å². The van der Waals surface area contributed by atoms with Gasteiger partial charge in [0.2, 0.25) is 10.0 Å². The van der Waals surface area contributed by atoms with Crippen LogP contribution in [0.4, 0.5) is 0 Å². The highest BCUT2D eigenvalue weighted by Gasteiger charge is 2.35. The Morgan fingerprint density at radius 2 is 1.79 bits per heavy atom. The minimum atomic E-state index is -3.47. The molecule has 1 atom stereocenters. The minimum absolute atomic E-state index is 0.126. The Hall–Kier alpha value is -1.73. The third kappa shape index (κ3) is 5.64. The van der Waals surface area contributed by atoms with Gasteiger partial charge in [0.05, 0.1) is 11.5 Å². The Labute approximate surface area is 168 Å². The fourth-order valence-electron chi connectivity index (χ4n) is 3.46. The molecule has 152 valence electrons. The molecule has 0 aromatic heterocycles. The van der Waals surface area contributed by atoms with Gasteiger partial charge in [0.15, 0.2) is 0 Å². The zero-order chi connectivity index (χ0) is 19.8. The largest absolute Gasteiger partial charge is 0.355 e. The first kappa shape index (κ1) is 21.0. The third-order valence-electron chi connectivity index (χ3n) is 5.02. The Bertz CT molecular complexity index is 821. The fraction of sp³-hybridized carbons (Fsp3) is 0.455. The summed E-state index contributed by atoms with van der Waals surface area (Å²) in [7, 11) is -3.47. The molecule has 3 rings (SSSR count). The lowest BCUT2D eigenvalue weighted by Crippen LogP contribution is -2.38. The van der Waals surface area contributed by atoms with Crippen molar-refractivity contribution in [2.24, 2.45) is 0 Å². The van der Waals surface area contributed by atoms with Crippen LogP contribution in [-0.4, -0.2) is 45.3 Å². The number of sulfonamides is 1. The van der Waals surface area contributed by atoms with Gasteiger partial charge in [-0.2, -0.15) is 4.31 Å². The number of rotatable bonds is 10. The molecule has 28 heavy (non-hydrogen) atoms. The van der Waals surface area contributed by atoms with Crippen LogP contribution in [-0.2, 0) is 25.9 Å². The molecule has 1 saturated heterocycles. The van der Waals surface area contributed by atoms with E-state index in [1.165, 1.54) is 5.56 Å². The zero-order valence-electron chi connectivity index (χ0n) is 16.4. The van der Waals surface area contributed by atoms with E-state index in [1.807, 2.05) is 37.3 Å². The molecule has 1 fully saturated rings. The number of benzene rings is 2. The summed E-state index contributed by atoms with van der Waals surface area (Å²) < 4.78 is 38.6. The lowest BCUT2D eigenvalue weighted by atomic mass is 10.1. The average molecular weight is 404 g/mol. The van der Waals surface area contributed by atoms with Crippen LogP contribution in [0.1, 0.15) is 30.4 Å². The molecule has 2 aromatic rings. The van der Waals surface area contributed by atoms with Gasteiger partial charge in [-0.15, -0.1) is 0 Å². The second kappa shape index (κ2) is 10.2. The summed E-state index contributed by atoms with van der Waals surface area (Å²) in [5.41, 5.74) is 2.35. The molecule has 0 radical (unpaired) electrons. The molecule has 0 saturated carbocycles. The maximum Gasteiger partial charge on any atom is 0.243 e.